The maximum Gasteiger partial charge on any atom is 0.309 e. The number of aliphatic carboxylic acids is 2. The van der Waals surface area contributed by atoms with Crippen LogP contribution in [0.4, 0.5) is 35.7 Å². The molecule has 0 spiro atoms. The molecule has 20 nitrogen and oxygen atoms in total. The highest BCUT2D eigenvalue weighted by Crippen LogP contribution is 2.41. The summed E-state index contributed by atoms with van der Waals surface area (Å²) < 4.78 is 0. The van der Waals surface area contributed by atoms with E-state index in [1.54, 1.807) is 0 Å². The molecule has 0 unspecified atom stereocenters. The average molecular weight is 1290 g/mol. The molecule has 20 heteroatoms. The number of nitrogens with zero attached hydrogens (tertiary/aromatic N) is 10. The van der Waals surface area contributed by atoms with Gasteiger partial charge in [0, 0.05) is 114 Å². The molecule has 0 saturated carbocycles. The predicted molar refractivity (Wildman–Crippen MR) is 382 cm³/mol. The van der Waals surface area contributed by atoms with E-state index in [9.17, 15) is 19.8 Å². The van der Waals surface area contributed by atoms with Gasteiger partial charge in [0.15, 0.2) is 0 Å². The Morgan fingerprint density at radius 1 is 0.391 bits per heavy atom. The molecule has 4 fully saturated rings. The van der Waals surface area contributed by atoms with E-state index in [-0.39, 0.29) is 74.9 Å². The first-order valence-electron chi connectivity index (χ1n) is 36.5. The predicted octanol–water partition coefficient (Wildman–Crippen LogP) is 13.9. The lowest BCUT2D eigenvalue weighted by atomic mass is 9.76. The van der Waals surface area contributed by atoms with Gasteiger partial charge in [-0.05, 0) is 214 Å². The molecule has 92 heavy (non-hydrogen) atoms. The number of hydrogen-bond donors (Lipinski definition) is 8. The average Bonchev–Trinajstić information content (AvgIpc) is 0.791. The molecule has 0 aromatic carbocycles. The van der Waals surface area contributed by atoms with E-state index in [2.05, 4.69) is 190 Å². The van der Waals surface area contributed by atoms with Gasteiger partial charge in [0.1, 0.15) is 0 Å². The van der Waals surface area contributed by atoms with E-state index in [0.717, 1.165) is 148 Å². The molecule has 0 radical (unpaired) electrons. The van der Waals surface area contributed by atoms with Crippen molar-refractivity contribution in [3.05, 3.63) is 0 Å². The van der Waals surface area contributed by atoms with Crippen molar-refractivity contribution in [1.29, 1.82) is 0 Å². The van der Waals surface area contributed by atoms with Crippen molar-refractivity contribution in [1.82, 2.24) is 51.2 Å². The van der Waals surface area contributed by atoms with Crippen LogP contribution in [0.1, 0.15) is 299 Å². The second kappa shape index (κ2) is 32.1. The van der Waals surface area contributed by atoms with Gasteiger partial charge in [-0.2, -0.15) is 29.9 Å². The Hall–Kier alpha value is -4.40. The van der Waals surface area contributed by atoms with Gasteiger partial charge in [-0.1, -0.05) is 79.1 Å². The minimum absolute atomic E-state index is 0.109. The van der Waals surface area contributed by atoms with Gasteiger partial charge in [-0.15, -0.1) is 0 Å². The van der Waals surface area contributed by atoms with Crippen LogP contribution in [0.15, 0.2) is 0 Å². The van der Waals surface area contributed by atoms with Gasteiger partial charge in [0.25, 0.3) is 0 Å². The maximum absolute atomic E-state index is 14.4. The fourth-order valence-electron chi connectivity index (χ4n) is 17.2. The van der Waals surface area contributed by atoms with Crippen molar-refractivity contribution < 1.29 is 19.8 Å². The number of carboxylic acid groups (broad SMARTS) is 2. The van der Waals surface area contributed by atoms with Crippen LogP contribution in [0, 0.1) is 5.41 Å². The zero-order valence-electron chi connectivity index (χ0n) is 61.9. The SMILES string of the molecule is CCCCN(c1nc(NCCC(CCCCCCCC(=O)O)(CCNc2nc(N(CCCC)C3CC(C)(C)NC(C)(C)C3)nc(N(CCCC)C3CC(C)(C)NC(C)(C)C3)n2)C(=O)O)nc(N(CCCC)C2CC(C)(C)NC(C)(C)C2)n1)C1CC(C)(C)NC(C)(C)C1. The summed E-state index contributed by atoms with van der Waals surface area (Å²) in [5.74, 6) is 2.01. The highest BCUT2D eigenvalue weighted by Gasteiger charge is 2.46. The van der Waals surface area contributed by atoms with E-state index >= 15 is 0 Å². The molecule has 4 aliphatic heterocycles. The van der Waals surface area contributed by atoms with Crippen LogP contribution < -0.4 is 51.5 Å². The third kappa shape index (κ3) is 23.2. The highest BCUT2D eigenvalue weighted by atomic mass is 16.4. The molecule has 0 atom stereocenters. The molecule has 526 valence electrons. The van der Waals surface area contributed by atoms with E-state index in [1.807, 2.05) is 0 Å². The smallest absolute Gasteiger partial charge is 0.309 e. The molecule has 4 saturated heterocycles. The lowest BCUT2D eigenvalue weighted by Gasteiger charge is -2.50. The van der Waals surface area contributed by atoms with Gasteiger partial charge in [0.2, 0.25) is 35.7 Å². The minimum atomic E-state index is -1.16. The molecule has 6 heterocycles. The van der Waals surface area contributed by atoms with E-state index < -0.39 is 17.4 Å². The number of piperidine rings is 4. The number of carboxylic acids is 2. The van der Waals surface area contributed by atoms with Crippen molar-refractivity contribution in [3.8, 4) is 0 Å². The molecule has 4 aliphatic rings. The van der Waals surface area contributed by atoms with E-state index in [0.29, 0.717) is 80.9 Å². The van der Waals surface area contributed by atoms with Crippen LogP contribution >= 0.6 is 0 Å². The molecular weight excluding hydrogens is 1150 g/mol. The van der Waals surface area contributed by atoms with Gasteiger partial charge in [-0.25, -0.2) is 0 Å². The normalized spacial score (nSPS) is 21.1. The van der Waals surface area contributed by atoms with Gasteiger partial charge in [-0.3, -0.25) is 9.59 Å². The third-order valence-electron chi connectivity index (χ3n) is 20.0. The molecule has 0 amide bonds. The molecule has 8 N–H and O–H groups in total. The number of carbonyl (C=O) groups is 2. The van der Waals surface area contributed by atoms with Crippen molar-refractivity contribution in [2.24, 2.45) is 5.41 Å². The van der Waals surface area contributed by atoms with E-state index in [4.69, 9.17) is 29.9 Å². The quantitative estimate of drug-likeness (QED) is 0.0294. The highest BCUT2D eigenvalue weighted by molar-refractivity contribution is 5.74. The number of hydrogen-bond acceptors (Lipinski definition) is 18. The van der Waals surface area contributed by atoms with Crippen LogP contribution in [0.3, 0.4) is 0 Å². The Bertz CT molecular complexity index is 2290. The molecule has 0 aliphatic carbocycles. The van der Waals surface area contributed by atoms with Gasteiger partial charge in [0.05, 0.1) is 5.41 Å². The topological polar surface area (TPSA) is 237 Å². The summed E-state index contributed by atoms with van der Waals surface area (Å²) in [6.07, 6.45) is 20.5. The number of aromatic nitrogens is 6. The molecule has 2 aromatic rings. The summed E-state index contributed by atoms with van der Waals surface area (Å²) in [5.41, 5.74) is -2.03. The summed E-state index contributed by atoms with van der Waals surface area (Å²) in [6, 6.07) is 0.708. The third-order valence-corrected chi connectivity index (χ3v) is 20.0. The second-order valence-corrected chi connectivity index (χ2v) is 34.1. The molecule has 6 rings (SSSR count). The zero-order valence-corrected chi connectivity index (χ0v) is 61.9. The largest absolute Gasteiger partial charge is 0.481 e. The van der Waals surface area contributed by atoms with Crippen LogP contribution in [-0.4, -0.2) is 160 Å². The first-order chi connectivity index (χ1) is 42.8. The maximum atomic E-state index is 14.4. The number of anilines is 6. The van der Waals surface area contributed by atoms with Crippen molar-refractivity contribution >= 4 is 47.6 Å². The van der Waals surface area contributed by atoms with Crippen molar-refractivity contribution in [3.63, 3.8) is 0 Å². The van der Waals surface area contributed by atoms with Gasteiger partial charge >= 0.3 is 11.9 Å². The van der Waals surface area contributed by atoms with Crippen LogP contribution in [0.5, 0.6) is 0 Å². The first-order valence-corrected chi connectivity index (χ1v) is 36.5. The summed E-state index contributed by atoms with van der Waals surface area (Å²) in [6.45, 7) is 49.7. The monoisotopic (exact) mass is 1290 g/mol. The molecule has 0 bridgehead atoms. The Balaban J connectivity index is 1.42. The summed E-state index contributed by atoms with van der Waals surface area (Å²) in [4.78, 5) is 68.3. The Morgan fingerprint density at radius 2 is 0.641 bits per heavy atom. The lowest BCUT2D eigenvalue weighted by Crippen LogP contribution is -2.63. The molecule has 2 aromatic heterocycles. The zero-order chi connectivity index (χ0) is 68.1. The van der Waals surface area contributed by atoms with Crippen LogP contribution in [0.25, 0.3) is 0 Å². The number of unbranched alkanes of at least 4 members (excludes halogenated alkanes) is 8. The fraction of sp³-hybridized carbons (Fsp3) is 0.889. The van der Waals surface area contributed by atoms with E-state index in [1.165, 1.54) is 0 Å². The van der Waals surface area contributed by atoms with Gasteiger partial charge < -0.3 is 61.7 Å². The minimum Gasteiger partial charge on any atom is -0.481 e. The van der Waals surface area contributed by atoms with Crippen LogP contribution in [0.2, 0.25) is 0 Å². The lowest BCUT2D eigenvalue weighted by molar-refractivity contribution is -0.150. The number of nitrogens with one attached hydrogen (secondary N) is 6. The second-order valence-electron chi connectivity index (χ2n) is 34.1. The summed E-state index contributed by atoms with van der Waals surface area (Å²) in [7, 11) is 0. The van der Waals surface area contributed by atoms with Crippen molar-refractivity contribution in [2.45, 2.75) is 367 Å². The summed E-state index contributed by atoms with van der Waals surface area (Å²) in [5, 5.41) is 44.2. The fourth-order valence-corrected chi connectivity index (χ4v) is 17.2. The summed E-state index contributed by atoms with van der Waals surface area (Å²) >= 11 is 0. The van der Waals surface area contributed by atoms with Crippen molar-refractivity contribution in [2.75, 3.05) is 69.5 Å². The molecular formula is C72H134N16O4. The Morgan fingerprint density at radius 3 is 0.880 bits per heavy atom. The standard InChI is InChI=1S/C72H134N16O4/c1-21-25-40-85(52-44-64(5,6)81-65(7,8)45-52)60-75-58(76-61(79-60)86(41-26-22-2)53-46-66(9,10)82-67(11,12)47-53)73-38-36-72(57(91)92,35-33-31-29-30-32-34-56(89)90)37-39-74-59-77-62(87(42-27-23-3)54-48-68(13,14)83-69(15,16)49-54)80-63(78-59)88(43-28-24-4)55-50-70(17,18)84-71(19,20)51-55/h52-55,81-84H,21-51H2,1-20H3,(H,89,90)(H,91,92)(H,73,75,76,79)(H,74,77,78,80). The first kappa shape index (κ1) is 76.6. The Labute approximate surface area is 558 Å². The number of rotatable bonds is 37. The Kier molecular flexibility index (Phi) is 26.7. The van der Waals surface area contributed by atoms with Crippen LogP contribution in [-0.2, 0) is 9.59 Å².